The van der Waals surface area contributed by atoms with Crippen LogP contribution >= 0.6 is 11.3 Å². The van der Waals surface area contributed by atoms with Crippen LogP contribution in [0.25, 0.3) is 10.6 Å². The van der Waals surface area contributed by atoms with E-state index in [1.165, 1.54) is 11.3 Å². The Labute approximate surface area is 123 Å². The van der Waals surface area contributed by atoms with Gasteiger partial charge in [0.05, 0.1) is 5.69 Å². The Balaban J connectivity index is 2.36. The van der Waals surface area contributed by atoms with E-state index in [1.54, 1.807) is 17.3 Å². The summed E-state index contributed by atoms with van der Waals surface area (Å²) in [4.78, 5) is 23.6. The van der Waals surface area contributed by atoms with Gasteiger partial charge < -0.3 is 4.90 Å². The Morgan fingerprint density at radius 3 is 2.60 bits per heavy atom. The number of nitrogens with zero attached hydrogens (tertiary/aromatic N) is 3. The van der Waals surface area contributed by atoms with Gasteiger partial charge in [-0.1, -0.05) is 0 Å². The van der Waals surface area contributed by atoms with E-state index in [0.717, 1.165) is 16.3 Å². The molecule has 0 aromatic carbocycles. The Bertz CT molecular complexity index is 614. The lowest BCUT2D eigenvalue weighted by molar-refractivity contribution is 0.0660. The van der Waals surface area contributed by atoms with Crippen LogP contribution in [0.2, 0.25) is 0 Å². The van der Waals surface area contributed by atoms with Crippen LogP contribution in [0.5, 0.6) is 0 Å². The van der Waals surface area contributed by atoms with Gasteiger partial charge in [0.2, 0.25) is 0 Å². The molecule has 20 heavy (non-hydrogen) atoms. The summed E-state index contributed by atoms with van der Waals surface area (Å²) in [6.45, 7) is 7.93. The second kappa shape index (κ2) is 5.32. The molecule has 1 amide bonds. The van der Waals surface area contributed by atoms with Crippen LogP contribution in [0, 0.1) is 6.92 Å². The summed E-state index contributed by atoms with van der Waals surface area (Å²) in [5.74, 6) is 0.0163. The lowest BCUT2D eigenvalue weighted by atomic mass is 10.1. The zero-order valence-electron chi connectivity index (χ0n) is 12.5. The number of rotatable bonds is 2. The summed E-state index contributed by atoms with van der Waals surface area (Å²) in [5, 5.41) is 0.834. The van der Waals surface area contributed by atoms with Crippen LogP contribution in [0.3, 0.4) is 0 Å². The fraction of sp³-hybridized carbons (Fsp3) is 0.400. The first-order valence-corrected chi connectivity index (χ1v) is 7.28. The number of carbonyl (C=O) groups excluding carboxylic acids is 1. The van der Waals surface area contributed by atoms with Gasteiger partial charge in [-0.3, -0.25) is 9.78 Å². The molecule has 2 aromatic rings. The van der Waals surface area contributed by atoms with Gasteiger partial charge in [0.15, 0.2) is 0 Å². The molecule has 0 aliphatic heterocycles. The van der Waals surface area contributed by atoms with E-state index in [4.69, 9.17) is 0 Å². The van der Waals surface area contributed by atoms with Crippen molar-refractivity contribution in [2.75, 3.05) is 7.05 Å². The minimum absolute atomic E-state index is 0.0163. The highest BCUT2D eigenvalue weighted by atomic mass is 32.1. The Hall–Kier alpha value is -1.75. The largest absolute Gasteiger partial charge is 0.336 e. The number of pyridine rings is 1. The SMILES string of the molecule is Cc1nc(-c2cccnc2)sc1C(=O)N(C)C(C)(C)C. The molecule has 2 aromatic heterocycles. The maximum atomic E-state index is 12.5. The number of carbonyl (C=O) groups is 1. The average molecular weight is 289 g/mol. The minimum atomic E-state index is -0.206. The predicted octanol–water partition coefficient (Wildman–Crippen LogP) is 3.38. The van der Waals surface area contributed by atoms with E-state index in [0.29, 0.717) is 4.88 Å². The second-order valence-corrected chi connectivity index (χ2v) is 6.71. The highest BCUT2D eigenvalue weighted by Gasteiger charge is 2.26. The molecule has 0 atom stereocenters. The van der Waals surface area contributed by atoms with Crippen molar-refractivity contribution < 1.29 is 4.79 Å². The molecule has 0 spiro atoms. The first kappa shape index (κ1) is 14.7. The highest BCUT2D eigenvalue weighted by molar-refractivity contribution is 7.17. The molecule has 2 heterocycles. The zero-order chi connectivity index (χ0) is 14.9. The van der Waals surface area contributed by atoms with Gasteiger partial charge in [0.1, 0.15) is 9.88 Å². The van der Waals surface area contributed by atoms with Crippen molar-refractivity contribution in [1.82, 2.24) is 14.9 Å². The van der Waals surface area contributed by atoms with E-state index in [1.807, 2.05) is 46.9 Å². The standard InChI is InChI=1S/C15H19N3OS/c1-10-12(14(19)18(5)15(2,3)4)20-13(17-10)11-7-6-8-16-9-11/h6-9H,1-5H3. The number of hydrogen-bond donors (Lipinski definition) is 0. The molecule has 0 fully saturated rings. The van der Waals surface area contributed by atoms with Crippen molar-refractivity contribution in [2.24, 2.45) is 0 Å². The first-order valence-electron chi connectivity index (χ1n) is 6.46. The van der Waals surface area contributed by atoms with Crippen LogP contribution in [0.4, 0.5) is 0 Å². The van der Waals surface area contributed by atoms with Gasteiger partial charge in [-0.05, 0) is 39.8 Å². The average Bonchev–Trinajstić information content (AvgIpc) is 2.79. The van der Waals surface area contributed by atoms with Gasteiger partial charge in [-0.2, -0.15) is 0 Å². The molecule has 0 unspecified atom stereocenters. The third-order valence-electron chi connectivity index (χ3n) is 3.21. The molecule has 0 radical (unpaired) electrons. The number of aryl methyl sites for hydroxylation is 1. The van der Waals surface area contributed by atoms with Crippen LogP contribution in [-0.2, 0) is 0 Å². The molecule has 0 aliphatic rings. The lowest BCUT2D eigenvalue weighted by Crippen LogP contribution is -2.42. The van der Waals surface area contributed by atoms with Crippen LogP contribution in [0.1, 0.15) is 36.1 Å². The van der Waals surface area contributed by atoms with Gasteiger partial charge in [0.25, 0.3) is 5.91 Å². The summed E-state index contributed by atoms with van der Waals surface area (Å²) >= 11 is 1.42. The third kappa shape index (κ3) is 2.88. The highest BCUT2D eigenvalue weighted by Crippen LogP contribution is 2.29. The molecule has 5 heteroatoms. The maximum Gasteiger partial charge on any atom is 0.266 e. The van der Waals surface area contributed by atoms with E-state index in [9.17, 15) is 4.79 Å². The minimum Gasteiger partial charge on any atom is -0.336 e. The summed E-state index contributed by atoms with van der Waals surface area (Å²) in [5.41, 5.74) is 1.51. The van der Waals surface area contributed by atoms with Crippen molar-refractivity contribution >= 4 is 17.2 Å². The molecule has 0 saturated heterocycles. The fourth-order valence-electron chi connectivity index (χ4n) is 1.66. The third-order valence-corrected chi connectivity index (χ3v) is 4.40. The van der Waals surface area contributed by atoms with Gasteiger partial charge in [-0.25, -0.2) is 4.98 Å². The van der Waals surface area contributed by atoms with E-state index >= 15 is 0 Å². The Morgan fingerprint density at radius 2 is 2.05 bits per heavy atom. The van der Waals surface area contributed by atoms with Crippen LogP contribution in [-0.4, -0.2) is 33.4 Å². The number of aromatic nitrogens is 2. The van der Waals surface area contributed by atoms with Crippen molar-refractivity contribution in [3.05, 3.63) is 35.1 Å². The van der Waals surface area contributed by atoms with E-state index in [-0.39, 0.29) is 11.4 Å². The Kier molecular flexibility index (Phi) is 3.90. The maximum absolute atomic E-state index is 12.5. The smallest absolute Gasteiger partial charge is 0.266 e. The monoisotopic (exact) mass is 289 g/mol. The molecule has 0 aliphatic carbocycles. The second-order valence-electron chi connectivity index (χ2n) is 5.71. The van der Waals surface area contributed by atoms with Crippen LogP contribution in [0.15, 0.2) is 24.5 Å². The topological polar surface area (TPSA) is 46.1 Å². The normalized spacial score (nSPS) is 11.4. The van der Waals surface area contributed by atoms with Gasteiger partial charge >= 0.3 is 0 Å². The van der Waals surface area contributed by atoms with Crippen molar-refractivity contribution in [1.29, 1.82) is 0 Å². The molecule has 0 bridgehead atoms. The van der Waals surface area contributed by atoms with Gasteiger partial charge in [-0.15, -0.1) is 11.3 Å². The summed E-state index contributed by atoms with van der Waals surface area (Å²) in [6.07, 6.45) is 3.49. The zero-order valence-corrected chi connectivity index (χ0v) is 13.3. The number of amides is 1. The van der Waals surface area contributed by atoms with E-state index < -0.39 is 0 Å². The van der Waals surface area contributed by atoms with E-state index in [2.05, 4.69) is 9.97 Å². The Morgan fingerprint density at radius 1 is 1.35 bits per heavy atom. The summed E-state index contributed by atoms with van der Waals surface area (Å²) < 4.78 is 0. The molecule has 2 rings (SSSR count). The summed E-state index contributed by atoms with van der Waals surface area (Å²) in [7, 11) is 1.82. The van der Waals surface area contributed by atoms with Crippen molar-refractivity contribution in [3.63, 3.8) is 0 Å². The molecule has 0 saturated carbocycles. The quantitative estimate of drug-likeness (QED) is 0.851. The molecule has 4 nitrogen and oxygen atoms in total. The molecular weight excluding hydrogens is 270 g/mol. The molecule has 0 N–H and O–H groups in total. The summed E-state index contributed by atoms with van der Waals surface area (Å²) in [6, 6.07) is 3.82. The molecular formula is C15H19N3OS. The molecule has 106 valence electrons. The predicted molar refractivity (Wildman–Crippen MR) is 81.9 cm³/mol. The lowest BCUT2D eigenvalue weighted by Gasteiger charge is -2.31. The van der Waals surface area contributed by atoms with Crippen molar-refractivity contribution in [3.8, 4) is 10.6 Å². The number of hydrogen-bond acceptors (Lipinski definition) is 4. The fourth-order valence-corrected chi connectivity index (χ4v) is 2.70. The van der Waals surface area contributed by atoms with Gasteiger partial charge in [0, 0.05) is 30.5 Å². The first-order chi connectivity index (χ1) is 9.30. The number of thiazole rings is 1. The van der Waals surface area contributed by atoms with Crippen molar-refractivity contribution in [2.45, 2.75) is 33.2 Å². The van der Waals surface area contributed by atoms with Crippen LogP contribution < -0.4 is 0 Å².